The summed E-state index contributed by atoms with van der Waals surface area (Å²) in [5.74, 6) is 0.981. The summed E-state index contributed by atoms with van der Waals surface area (Å²) < 4.78 is 0. The van der Waals surface area contributed by atoms with Crippen LogP contribution in [0.2, 0.25) is 25.2 Å². The van der Waals surface area contributed by atoms with Crippen molar-refractivity contribution in [2.75, 3.05) is 0 Å². The molecule has 0 radical (unpaired) electrons. The molecule has 0 unspecified atom stereocenters. The molecule has 0 aliphatic heterocycles. The molecule has 1 fully saturated rings. The van der Waals surface area contributed by atoms with Gasteiger partial charge in [0.05, 0.1) is 8.07 Å². The predicted octanol–water partition coefficient (Wildman–Crippen LogP) is 4.07. The lowest BCUT2D eigenvalue weighted by Crippen LogP contribution is -2.31. The third-order valence-electron chi connectivity index (χ3n) is 3.16. The monoisotopic (exact) mass is 182 g/mol. The lowest BCUT2D eigenvalue weighted by atomic mass is 10.0. The van der Waals surface area contributed by atoms with Crippen LogP contribution in [-0.4, -0.2) is 8.07 Å². The average molecular weight is 182 g/mol. The third-order valence-corrected chi connectivity index (χ3v) is 5.87. The standard InChI is InChI=1S/C11H22Si/c1-5-11(12(2,3)4)10-8-6-7-9-10/h5,10-11H,1,6-9H2,2-4H3/t11-/m0/s1. The van der Waals surface area contributed by atoms with Crippen molar-refractivity contribution in [3.8, 4) is 0 Å². The van der Waals surface area contributed by atoms with Crippen molar-refractivity contribution in [1.29, 1.82) is 0 Å². The molecule has 1 aliphatic carbocycles. The van der Waals surface area contributed by atoms with Crippen LogP contribution in [0.1, 0.15) is 25.7 Å². The highest BCUT2D eigenvalue weighted by Gasteiger charge is 2.32. The van der Waals surface area contributed by atoms with Crippen molar-refractivity contribution in [2.24, 2.45) is 5.92 Å². The normalized spacial score (nSPS) is 22.6. The van der Waals surface area contributed by atoms with E-state index in [1.54, 1.807) is 0 Å². The summed E-state index contributed by atoms with van der Waals surface area (Å²) in [6.45, 7) is 11.4. The van der Waals surface area contributed by atoms with Gasteiger partial charge < -0.3 is 0 Å². The molecule has 0 aromatic rings. The Balaban J connectivity index is 2.60. The smallest absolute Gasteiger partial charge is 0.0517 e. The first-order valence-electron chi connectivity index (χ1n) is 5.18. The molecular formula is C11H22Si. The Morgan fingerprint density at radius 2 is 1.75 bits per heavy atom. The molecular weight excluding hydrogens is 160 g/mol. The van der Waals surface area contributed by atoms with E-state index in [9.17, 15) is 0 Å². The first kappa shape index (κ1) is 10.0. The third kappa shape index (κ3) is 2.22. The molecule has 0 aromatic heterocycles. The SMILES string of the molecule is C=C[C@@H](C1CCCC1)[Si](C)(C)C. The molecule has 0 spiro atoms. The molecule has 0 bridgehead atoms. The van der Waals surface area contributed by atoms with Crippen molar-refractivity contribution in [3.05, 3.63) is 12.7 Å². The Labute approximate surface area is 78.1 Å². The molecule has 0 heterocycles. The average Bonchev–Trinajstić information content (AvgIpc) is 2.38. The summed E-state index contributed by atoms with van der Waals surface area (Å²) in [7, 11) is -0.970. The van der Waals surface area contributed by atoms with E-state index in [1.165, 1.54) is 25.7 Å². The summed E-state index contributed by atoms with van der Waals surface area (Å²) in [6.07, 6.45) is 8.07. The minimum Gasteiger partial charge on any atom is -0.103 e. The zero-order chi connectivity index (χ0) is 9.19. The molecule has 0 N–H and O–H groups in total. The maximum Gasteiger partial charge on any atom is 0.0517 e. The highest BCUT2D eigenvalue weighted by molar-refractivity contribution is 6.78. The largest absolute Gasteiger partial charge is 0.103 e. The zero-order valence-electron chi connectivity index (χ0n) is 8.77. The van der Waals surface area contributed by atoms with Gasteiger partial charge in [0.2, 0.25) is 0 Å². The van der Waals surface area contributed by atoms with Gasteiger partial charge >= 0.3 is 0 Å². The van der Waals surface area contributed by atoms with Gasteiger partial charge in [0.15, 0.2) is 0 Å². The van der Waals surface area contributed by atoms with E-state index < -0.39 is 8.07 Å². The Morgan fingerprint density at radius 1 is 1.25 bits per heavy atom. The van der Waals surface area contributed by atoms with Gasteiger partial charge in [-0.25, -0.2) is 0 Å². The summed E-state index contributed by atoms with van der Waals surface area (Å²) in [5.41, 5.74) is 0.861. The minimum atomic E-state index is -0.970. The van der Waals surface area contributed by atoms with E-state index in [-0.39, 0.29) is 0 Å². The fraction of sp³-hybridized carbons (Fsp3) is 0.818. The Bertz CT molecular complexity index is 149. The lowest BCUT2D eigenvalue weighted by Gasteiger charge is -2.31. The van der Waals surface area contributed by atoms with E-state index in [2.05, 4.69) is 32.3 Å². The van der Waals surface area contributed by atoms with Crippen molar-refractivity contribution >= 4 is 8.07 Å². The van der Waals surface area contributed by atoms with Crippen molar-refractivity contribution in [2.45, 2.75) is 50.9 Å². The fourth-order valence-electron chi connectivity index (χ4n) is 2.57. The quantitative estimate of drug-likeness (QED) is 0.456. The number of hydrogen-bond acceptors (Lipinski definition) is 0. The van der Waals surface area contributed by atoms with Crippen molar-refractivity contribution in [1.82, 2.24) is 0 Å². The minimum absolute atomic E-state index is 0.861. The molecule has 0 nitrogen and oxygen atoms in total. The maximum absolute atomic E-state index is 4.01. The van der Waals surface area contributed by atoms with E-state index >= 15 is 0 Å². The summed E-state index contributed by atoms with van der Waals surface area (Å²) in [5, 5.41) is 0. The van der Waals surface area contributed by atoms with Gasteiger partial charge in [0, 0.05) is 0 Å². The second-order valence-corrected chi connectivity index (χ2v) is 10.6. The molecule has 0 aromatic carbocycles. The van der Waals surface area contributed by atoms with E-state index in [1.807, 2.05) is 0 Å². The molecule has 12 heavy (non-hydrogen) atoms. The van der Waals surface area contributed by atoms with Crippen LogP contribution in [0.5, 0.6) is 0 Å². The van der Waals surface area contributed by atoms with Crippen LogP contribution in [0.4, 0.5) is 0 Å². The Hall–Kier alpha value is -0.0431. The first-order chi connectivity index (χ1) is 5.55. The van der Waals surface area contributed by atoms with Gasteiger partial charge in [-0.05, 0) is 11.5 Å². The summed E-state index contributed by atoms with van der Waals surface area (Å²) in [4.78, 5) is 0. The number of hydrogen-bond donors (Lipinski definition) is 0. The van der Waals surface area contributed by atoms with Gasteiger partial charge in [0.25, 0.3) is 0 Å². The van der Waals surface area contributed by atoms with Crippen molar-refractivity contribution < 1.29 is 0 Å². The van der Waals surface area contributed by atoms with Crippen LogP contribution in [0, 0.1) is 5.92 Å². The Morgan fingerprint density at radius 3 is 2.08 bits per heavy atom. The van der Waals surface area contributed by atoms with Gasteiger partial charge in [-0.15, -0.1) is 6.58 Å². The molecule has 1 saturated carbocycles. The van der Waals surface area contributed by atoms with Gasteiger partial charge in [-0.1, -0.05) is 51.4 Å². The van der Waals surface area contributed by atoms with Crippen LogP contribution in [-0.2, 0) is 0 Å². The van der Waals surface area contributed by atoms with Crippen LogP contribution in [0.3, 0.4) is 0 Å². The highest BCUT2D eigenvalue weighted by atomic mass is 28.3. The highest BCUT2D eigenvalue weighted by Crippen LogP contribution is 2.40. The van der Waals surface area contributed by atoms with E-state index in [0.717, 1.165) is 11.5 Å². The molecule has 1 heteroatoms. The predicted molar refractivity (Wildman–Crippen MR) is 59.3 cm³/mol. The Kier molecular flexibility index (Phi) is 3.16. The summed E-state index contributed by atoms with van der Waals surface area (Å²) >= 11 is 0. The molecule has 1 rings (SSSR count). The van der Waals surface area contributed by atoms with Crippen LogP contribution in [0.15, 0.2) is 12.7 Å². The van der Waals surface area contributed by atoms with Gasteiger partial charge in [-0.3, -0.25) is 0 Å². The lowest BCUT2D eigenvalue weighted by molar-refractivity contribution is 0.546. The first-order valence-corrected chi connectivity index (χ1v) is 8.76. The number of rotatable bonds is 3. The van der Waals surface area contributed by atoms with Crippen LogP contribution >= 0.6 is 0 Å². The topological polar surface area (TPSA) is 0 Å². The molecule has 1 atom stereocenters. The van der Waals surface area contributed by atoms with Crippen molar-refractivity contribution in [3.63, 3.8) is 0 Å². The van der Waals surface area contributed by atoms with Crippen LogP contribution in [0.25, 0.3) is 0 Å². The molecule has 0 saturated heterocycles. The second kappa shape index (κ2) is 3.78. The van der Waals surface area contributed by atoms with E-state index in [4.69, 9.17) is 0 Å². The second-order valence-electron chi connectivity index (χ2n) is 5.17. The fourth-order valence-corrected chi connectivity index (χ4v) is 5.02. The van der Waals surface area contributed by atoms with Gasteiger partial charge in [0.1, 0.15) is 0 Å². The molecule has 1 aliphatic rings. The summed E-state index contributed by atoms with van der Waals surface area (Å²) in [6, 6.07) is 0. The zero-order valence-corrected chi connectivity index (χ0v) is 9.77. The van der Waals surface area contributed by atoms with E-state index in [0.29, 0.717) is 0 Å². The maximum atomic E-state index is 4.01. The molecule has 70 valence electrons. The van der Waals surface area contributed by atoms with Gasteiger partial charge in [-0.2, -0.15) is 0 Å². The van der Waals surface area contributed by atoms with Crippen LogP contribution < -0.4 is 0 Å². The number of allylic oxidation sites excluding steroid dienone is 1. The molecule has 0 amide bonds.